The Labute approximate surface area is 233 Å². The van der Waals surface area contributed by atoms with Crippen LogP contribution in [0.25, 0.3) is 0 Å². The highest BCUT2D eigenvalue weighted by molar-refractivity contribution is 6.31. The molecule has 0 spiro atoms. The molecule has 4 rings (SSSR count). The van der Waals surface area contributed by atoms with Crippen LogP contribution in [0.15, 0.2) is 72.5 Å². The van der Waals surface area contributed by atoms with E-state index in [0.717, 1.165) is 0 Å². The number of benzene rings is 2. The number of urea groups is 1. The number of rotatable bonds is 9. The molecule has 2 aliphatic heterocycles. The second-order valence-electron chi connectivity index (χ2n) is 9.18. The molecule has 1 unspecified atom stereocenters. The number of nitrogens with zero attached hydrogens (tertiary/aromatic N) is 3. The number of carbonyl (C=O) groups excluding carboxylic acids is 3. The van der Waals surface area contributed by atoms with Crippen LogP contribution in [0.5, 0.6) is 5.75 Å². The average molecular weight is 553 g/mol. The highest BCUT2D eigenvalue weighted by atomic mass is 35.5. The topological polar surface area (TPSA) is 91.4 Å². The van der Waals surface area contributed by atoms with E-state index in [1.54, 1.807) is 67.5 Å². The first-order valence-electron chi connectivity index (χ1n) is 12.9. The van der Waals surface area contributed by atoms with Crippen LogP contribution in [0.4, 0.5) is 4.79 Å². The van der Waals surface area contributed by atoms with Crippen LogP contribution in [0.1, 0.15) is 28.9 Å². The minimum Gasteiger partial charge on any atom is -0.497 e. The van der Waals surface area contributed by atoms with E-state index in [4.69, 9.17) is 21.1 Å². The average Bonchev–Trinajstić information content (AvgIpc) is 2.95. The van der Waals surface area contributed by atoms with Gasteiger partial charge in [0.05, 0.1) is 25.3 Å². The predicted molar refractivity (Wildman–Crippen MR) is 149 cm³/mol. The fraction of sp³-hybridized carbons (Fsp3) is 0.345. The van der Waals surface area contributed by atoms with Gasteiger partial charge in [-0.15, -0.1) is 6.58 Å². The molecule has 1 saturated heterocycles. The largest absolute Gasteiger partial charge is 0.497 e. The van der Waals surface area contributed by atoms with Gasteiger partial charge in [0.1, 0.15) is 5.75 Å². The zero-order valence-electron chi connectivity index (χ0n) is 22.2. The monoisotopic (exact) mass is 552 g/mol. The van der Waals surface area contributed by atoms with Crippen molar-refractivity contribution in [1.29, 1.82) is 0 Å². The Morgan fingerprint density at radius 3 is 2.54 bits per heavy atom. The van der Waals surface area contributed by atoms with E-state index in [1.165, 1.54) is 4.90 Å². The zero-order chi connectivity index (χ0) is 27.9. The Morgan fingerprint density at radius 2 is 1.87 bits per heavy atom. The molecule has 2 aliphatic rings. The van der Waals surface area contributed by atoms with Crippen molar-refractivity contribution in [2.24, 2.45) is 0 Å². The molecule has 0 aromatic heterocycles. The molecule has 0 radical (unpaired) electrons. The summed E-state index contributed by atoms with van der Waals surface area (Å²) in [5.74, 6) is 0.0475. The van der Waals surface area contributed by atoms with Gasteiger partial charge in [-0.05, 0) is 36.8 Å². The Hall–Kier alpha value is -3.82. The van der Waals surface area contributed by atoms with Crippen LogP contribution in [-0.4, -0.2) is 85.6 Å². The van der Waals surface area contributed by atoms with Crippen molar-refractivity contribution < 1.29 is 23.9 Å². The van der Waals surface area contributed by atoms with E-state index in [9.17, 15) is 14.4 Å². The smallest absolute Gasteiger partial charge is 0.338 e. The van der Waals surface area contributed by atoms with Crippen molar-refractivity contribution in [1.82, 2.24) is 20.0 Å². The number of hydrogen-bond acceptors (Lipinski definition) is 6. The maximum absolute atomic E-state index is 13.3. The Bertz CT molecular complexity index is 1270. The fourth-order valence-electron chi connectivity index (χ4n) is 4.85. The minimum absolute atomic E-state index is 0.0657. The van der Waals surface area contributed by atoms with Gasteiger partial charge < -0.3 is 19.7 Å². The SMILES string of the molecule is C=CCN1C(=O)NC(c2ccccc2Cl)C(C(=O)OCC)=C1CN1CCN(C(=O)c2cccc(OC)c2)CC1. The van der Waals surface area contributed by atoms with Gasteiger partial charge >= 0.3 is 12.0 Å². The molecule has 2 heterocycles. The van der Waals surface area contributed by atoms with Gasteiger partial charge in [0.2, 0.25) is 0 Å². The summed E-state index contributed by atoms with van der Waals surface area (Å²) in [5, 5.41) is 3.36. The molecule has 2 aromatic rings. The number of piperazine rings is 1. The van der Waals surface area contributed by atoms with E-state index in [0.29, 0.717) is 65.9 Å². The predicted octanol–water partition coefficient (Wildman–Crippen LogP) is 3.88. The van der Waals surface area contributed by atoms with E-state index in [2.05, 4.69) is 16.8 Å². The Kier molecular flexibility index (Phi) is 9.27. The molecule has 0 bridgehead atoms. The molecule has 0 aliphatic carbocycles. The third kappa shape index (κ3) is 6.26. The van der Waals surface area contributed by atoms with Crippen LogP contribution in [0.2, 0.25) is 5.02 Å². The lowest BCUT2D eigenvalue weighted by Gasteiger charge is -2.40. The summed E-state index contributed by atoms with van der Waals surface area (Å²) >= 11 is 6.49. The maximum Gasteiger partial charge on any atom is 0.338 e. The zero-order valence-corrected chi connectivity index (χ0v) is 22.9. The number of esters is 1. The van der Waals surface area contributed by atoms with Gasteiger partial charge in [-0.1, -0.05) is 41.9 Å². The quantitative estimate of drug-likeness (QED) is 0.375. The molecule has 10 heteroatoms. The first-order valence-corrected chi connectivity index (χ1v) is 13.2. The number of nitrogens with one attached hydrogen (secondary N) is 1. The summed E-state index contributed by atoms with van der Waals surface area (Å²) < 4.78 is 10.7. The van der Waals surface area contributed by atoms with Crippen molar-refractivity contribution in [3.63, 3.8) is 0 Å². The first-order chi connectivity index (χ1) is 18.9. The van der Waals surface area contributed by atoms with Gasteiger partial charge in [-0.2, -0.15) is 0 Å². The summed E-state index contributed by atoms with van der Waals surface area (Å²) in [5.41, 5.74) is 2.05. The first kappa shape index (κ1) is 28.2. The summed E-state index contributed by atoms with van der Waals surface area (Å²) in [4.78, 5) is 45.1. The molecular weight excluding hydrogens is 520 g/mol. The molecule has 3 amide bonds. The molecule has 206 valence electrons. The summed E-state index contributed by atoms with van der Waals surface area (Å²) in [6, 6.07) is 13.1. The van der Waals surface area contributed by atoms with Crippen LogP contribution in [-0.2, 0) is 9.53 Å². The highest BCUT2D eigenvalue weighted by Crippen LogP contribution is 2.35. The van der Waals surface area contributed by atoms with Crippen molar-refractivity contribution in [3.05, 3.63) is 88.6 Å². The molecule has 9 nitrogen and oxygen atoms in total. The van der Waals surface area contributed by atoms with Crippen molar-refractivity contribution in [2.75, 3.05) is 53.0 Å². The third-order valence-electron chi connectivity index (χ3n) is 6.81. The highest BCUT2D eigenvalue weighted by Gasteiger charge is 2.39. The van der Waals surface area contributed by atoms with Crippen molar-refractivity contribution in [2.45, 2.75) is 13.0 Å². The molecule has 1 atom stereocenters. The second kappa shape index (κ2) is 12.8. The van der Waals surface area contributed by atoms with Crippen LogP contribution < -0.4 is 10.1 Å². The lowest BCUT2D eigenvalue weighted by molar-refractivity contribution is -0.139. The normalized spacial score (nSPS) is 18.0. The van der Waals surface area contributed by atoms with Gasteiger partial charge in [0.25, 0.3) is 5.91 Å². The van der Waals surface area contributed by atoms with Crippen LogP contribution in [0, 0.1) is 0 Å². The molecule has 1 N–H and O–H groups in total. The van der Waals surface area contributed by atoms with E-state index >= 15 is 0 Å². The summed E-state index contributed by atoms with van der Waals surface area (Å²) in [7, 11) is 1.57. The minimum atomic E-state index is -0.766. The lowest BCUT2D eigenvalue weighted by Crippen LogP contribution is -2.54. The molecule has 39 heavy (non-hydrogen) atoms. The number of methoxy groups -OCH3 is 1. The van der Waals surface area contributed by atoms with E-state index < -0.39 is 12.0 Å². The molecule has 0 saturated carbocycles. The van der Waals surface area contributed by atoms with Gasteiger partial charge in [-0.3, -0.25) is 14.6 Å². The van der Waals surface area contributed by atoms with Crippen LogP contribution >= 0.6 is 11.6 Å². The number of amides is 3. The van der Waals surface area contributed by atoms with Gasteiger partial charge in [-0.25, -0.2) is 9.59 Å². The number of hydrogen-bond donors (Lipinski definition) is 1. The summed E-state index contributed by atoms with van der Waals surface area (Å²) in [6.45, 7) is 8.38. The Morgan fingerprint density at radius 1 is 1.13 bits per heavy atom. The van der Waals surface area contributed by atoms with Gasteiger partial charge in [0, 0.05) is 55.6 Å². The van der Waals surface area contributed by atoms with E-state index in [-0.39, 0.29) is 25.1 Å². The maximum atomic E-state index is 13.3. The Balaban J connectivity index is 1.61. The molecular formula is C29H33ClN4O5. The molecule has 1 fully saturated rings. The lowest BCUT2D eigenvalue weighted by atomic mass is 9.94. The van der Waals surface area contributed by atoms with Crippen molar-refractivity contribution in [3.8, 4) is 5.75 Å². The summed E-state index contributed by atoms with van der Waals surface area (Å²) in [6.07, 6.45) is 1.61. The molecule has 2 aromatic carbocycles. The second-order valence-corrected chi connectivity index (χ2v) is 9.59. The number of ether oxygens (including phenoxy) is 2. The van der Waals surface area contributed by atoms with E-state index in [1.807, 2.05) is 6.07 Å². The third-order valence-corrected chi connectivity index (χ3v) is 7.16. The number of halogens is 1. The van der Waals surface area contributed by atoms with Gasteiger partial charge in [0.15, 0.2) is 0 Å². The van der Waals surface area contributed by atoms with Crippen molar-refractivity contribution >= 4 is 29.5 Å². The van der Waals surface area contributed by atoms with Crippen LogP contribution in [0.3, 0.4) is 0 Å². The standard InChI is InChI=1S/C29H33ClN4O5/c1-4-13-34-24(19-32-14-16-33(17-15-32)27(35)20-9-8-10-21(18-20)38-3)25(28(36)39-5-2)26(31-29(34)37)22-11-6-7-12-23(22)30/h4,6-12,18,26H,1,5,13-17,19H2,2-3H3,(H,31,37). The number of carbonyl (C=O) groups is 3. The fourth-order valence-corrected chi connectivity index (χ4v) is 5.09.